The summed E-state index contributed by atoms with van der Waals surface area (Å²) in [5, 5.41) is 10.5. The fraction of sp³-hybridized carbons (Fsp3) is 0.667. The molecule has 4 nitrogen and oxygen atoms in total. The van der Waals surface area contributed by atoms with Gasteiger partial charge in [0.1, 0.15) is 0 Å². The van der Waals surface area contributed by atoms with E-state index in [2.05, 4.69) is 34.4 Å². The monoisotopic (exact) mass is 180 g/mol. The maximum atomic E-state index is 4.04. The van der Waals surface area contributed by atoms with Gasteiger partial charge in [-0.2, -0.15) is 5.10 Å². The topological polar surface area (TPSA) is 44.0 Å². The van der Waals surface area contributed by atoms with E-state index in [9.17, 15) is 0 Å². The highest BCUT2D eigenvalue weighted by Gasteiger charge is 2.20. The van der Waals surface area contributed by atoms with Crippen molar-refractivity contribution in [3.63, 3.8) is 0 Å². The van der Waals surface area contributed by atoms with Crippen molar-refractivity contribution in [3.05, 3.63) is 17.5 Å². The van der Waals surface area contributed by atoms with E-state index >= 15 is 0 Å². The first-order valence-electron chi connectivity index (χ1n) is 4.69. The summed E-state index contributed by atoms with van der Waals surface area (Å²) in [6.07, 6.45) is 1.92. The molecular formula is C9H16N4. The van der Waals surface area contributed by atoms with Crippen LogP contribution in [0.15, 0.2) is 6.20 Å². The molecule has 0 amide bonds. The van der Waals surface area contributed by atoms with E-state index in [4.69, 9.17) is 0 Å². The quantitative estimate of drug-likeness (QED) is 0.653. The number of piperazine rings is 1. The first-order chi connectivity index (χ1) is 6.27. The van der Waals surface area contributed by atoms with Gasteiger partial charge in [0.25, 0.3) is 0 Å². The summed E-state index contributed by atoms with van der Waals surface area (Å²) in [7, 11) is 2.16. The van der Waals surface area contributed by atoms with Gasteiger partial charge in [0.05, 0.1) is 6.20 Å². The maximum absolute atomic E-state index is 4.04. The zero-order valence-corrected chi connectivity index (χ0v) is 8.17. The van der Waals surface area contributed by atoms with E-state index in [1.807, 2.05) is 6.20 Å². The summed E-state index contributed by atoms with van der Waals surface area (Å²) in [5.74, 6) is 0. The molecule has 0 aliphatic carbocycles. The van der Waals surface area contributed by atoms with E-state index in [1.54, 1.807) is 0 Å². The number of aryl methyl sites for hydroxylation is 1. The van der Waals surface area contributed by atoms with Crippen molar-refractivity contribution in [2.24, 2.45) is 0 Å². The number of likely N-dealkylation sites (N-methyl/N-ethyl adjacent to an activating group) is 1. The fourth-order valence-electron chi connectivity index (χ4n) is 1.82. The van der Waals surface area contributed by atoms with Crippen LogP contribution in [0.4, 0.5) is 0 Å². The van der Waals surface area contributed by atoms with Crippen LogP contribution < -0.4 is 5.32 Å². The number of hydrogen-bond donors (Lipinski definition) is 2. The molecule has 2 heterocycles. The van der Waals surface area contributed by atoms with E-state index in [-0.39, 0.29) is 0 Å². The van der Waals surface area contributed by atoms with Crippen LogP contribution >= 0.6 is 0 Å². The lowest BCUT2D eigenvalue weighted by Crippen LogP contribution is -2.43. The lowest BCUT2D eigenvalue weighted by molar-refractivity contribution is 0.240. The van der Waals surface area contributed by atoms with Crippen LogP contribution in [0.5, 0.6) is 0 Å². The lowest BCUT2D eigenvalue weighted by atomic mass is 10.1. The summed E-state index contributed by atoms with van der Waals surface area (Å²) >= 11 is 0. The second-order valence-electron chi connectivity index (χ2n) is 3.72. The number of rotatable bonds is 1. The van der Waals surface area contributed by atoms with Crippen molar-refractivity contribution >= 4 is 0 Å². The number of hydrogen-bond acceptors (Lipinski definition) is 3. The standard InChI is InChI=1S/C9H16N4/c1-7-8(5-11-12-7)9-6-13(2)4-3-10-9/h5,9-10H,3-4,6H2,1-2H3,(H,11,12). The Morgan fingerprint density at radius 3 is 3.08 bits per heavy atom. The molecule has 1 aromatic rings. The molecule has 1 aliphatic heterocycles. The summed E-state index contributed by atoms with van der Waals surface area (Å²) in [6, 6.07) is 0.442. The molecule has 2 rings (SSSR count). The minimum Gasteiger partial charge on any atom is -0.307 e. The van der Waals surface area contributed by atoms with Gasteiger partial charge in [0.15, 0.2) is 0 Å². The molecule has 13 heavy (non-hydrogen) atoms. The SMILES string of the molecule is Cc1[nH]ncc1C1CN(C)CCN1. The number of H-pyrrole nitrogens is 1. The third-order valence-corrected chi connectivity index (χ3v) is 2.62. The summed E-state index contributed by atoms with van der Waals surface area (Å²) < 4.78 is 0. The van der Waals surface area contributed by atoms with Gasteiger partial charge >= 0.3 is 0 Å². The van der Waals surface area contributed by atoms with Gasteiger partial charge in [0.2, 0.25) is 0 Å². The summed E-state index contributed by atoms with van der Waals surface area (Å²) in [6.45, 7) is 5.33. The normalized spacial score (nSPS) is 24.9. The van der Waals surface area contributed by atoms with Crippen LogP contribution in [0, 0.1) is 6.92 Å². The molecule has 1 aliphatic rings. The summed E-state index contributed by atoms with van der Waals surface area (Å²) in [5.41, 5.74) is 2.47. The van der Waals surface area contributed by atoms with E-state index in [0.717, 1.165) is 19.6 Å². The Bertz CT molecular complexity index is 281. The highest BCUT2D eigenvalue weighted by molar-refractivity contribution is 5.20. The van der Waals surface area contributed by atoms with Crippen molar-refractivity contribution in [1.82, 2.24) is 20.4 Å². The van der Waals surface area contributed by atoms with Crippen LogP contribution in [-0.2, 0) is 0 Å². The molecule has 1 fully saturated rings. The molecular weight excluding hydrogens is 164 g/mol. The van der Waals surface area contributed by atoms with Crippen molar-refractivity contribution < 1.29 is 0 Å². The molecule has 1 saturated heterocycles. The van der Waals surface area contributed by atoms with Crippen molar-refractivity contribution in [2.75, 3.05) is 26.7 Å². The van der Waals surface area contributed by atoms with Gasteiger partial charge in [-0.3, -0.25) is 5.10 Å². The minimum atomic E-state index is 0.442. The zero-order chi connectivity index (χ0) is 9.26. The molecule has 72 valence electrons. The molecule has 0 bridgehead atoms. The van der Waals surface area contributed by atoms with Crippen LogP contribution in [0.3, 0.4) is 0 Å². The Balaban J connectivity index is 2.12. The summed E-state index contributed by atoms with van der Waals surface area (Å²) in [4.78, 5) is 2.34. The Kier molecular flexibility index (Phi) is 2.33. The Hall–Kier alpha value is -0.870. The smallest absolute Gasteiger partial charge is 0.0538 e. The van der Waals surface area contributed by atoms with E-state index < -0.39 is 0 Å². The zero-order valence-electron chi connectivity index (χ0n) is 8.17. The Morgan fingerprint density at radius 2 is 2.46 bits per heavy atom. The molecule has 1 atom stereocenters. The molecule has 0 radical (unpaired) electrons. The maximum Gasteiger partial charge on any atom is 0.0538 e. The highest BCUT2D eigenvalue weighted by Crippen LogP contribution is 2.17. The van der Waals surface area contributed by atoms with Gasteiger partial charge < -0.3 is 10.2 Å². The van der Waals surface area contributed by atoms with Crippen LogP contribution in [0.1, 0.15) is 17.3 Å². The molecule has 1 unspecified atom stereocenters. The van der Waals surface area contributed by atoms with E-state index in [0.29, 0.717) is 6.04 Å². The van der Waals surface area contributed by atoms with Gasteiger partial charge in [-0.15, -0.1) is 0 Å². The first kappa shape index (κ1) is 8.72. The highest BCUT2D eigenvalue weighted by atomic mass is 15.2. The molecule has 2 N–H and O–H groups in total. The van der Waals surface area contributed by atoms with E-state index in [1.165, 1.54) is 11.3 Å². The van der Waals surface area contributed by atoms with Crippen molar-refractivity contribution in [3.8, 4) is 0 Å². The van der Waals surface area contributed by atoms with Crippen LogP contribution in [-0.4, -0.2) is 41.8 Å². The van der Waals surface area contributed by atoms with Gasteiger partial charge in [-0.1, -0.05) is 0 Å². The largest absolute Gasteiger partial charge is 0.307 e. The Morgan fingerprint density at radius 1 is 1.62 bits per heavy atom. The number of nitrogens with zero attached hydrogens (tertiary/aromatic N) is 2. The number of aromatic amines is 1. The molecule has 0 aromatic carbocycles. The van der Waals surface area contributed by atoms with Gasteiger partial charge in [-0.25, -0.2) is 0 Å². The second-order valence-corrected chi connectivity index (χ2v) is 3.72. The molecule has 0 spiro atoms. The predicted molar refractivity (Wildman–Crippen MR) is 51.6 cm³/mol. The number of nitrogens with one attached hydrogen (secondary N) is 2. The van der Waals surface area contributed by atoms with Crippen molar-refractivity contribution in [1.29, 1.82) is 0 Å². The average molecular weight is 180 g/mol. The lowest BCUT2D eigenvalue weighted by Gasteiger charge is -2.30. The predicted octanol–water partition coefficient (Wildman–Crippen LogP) is 0.294. The molecule has 4 heteroatoms. The fourth-order valence-corrected chi connectivity index (χ4v) is 1.82. The molecule has 1 aromatic heterocycles. The Labute approximate surface area is 78.3 Å². The third-order valence-electron chi connectivity index (χ3n) is 2.62. The van der Waals surface area contributed by atoms with Crippen LogP contribution in [0.25, 0.3) is 0 Å². The number of aromatic nitrogens is 2. The third kappa shape index (κ3) is 1.73. The van der Waals surface area contributed by atoms with Gasteiger partial charge in [0, 0.05) is 36.9 Å². The van der Waals surface area contributed by atoms with Crippen molar-refractivity contribution in [2.45, 2.75) is 13.0 Å². The van der Waals surface area contributed by atoms with Gasteiger partial charge in [-0.05, 0) is 14.0 Å². The first-order valence-corrected chi connectivity index (χ1v) is 4.69. The average Bonchev–Trinajstić information content (AvgIpc) is 2.51. The second kappa shape index (κ2) is 3.47. The molecule has 0 saturated carbocycles. The van der Waals surface area contributed by atoms with Crippen LogP contribution in [0.2, 0.25) is 0 Å². The minimum absolute atomic E-state index is 0.442.